The van der Waals surface area contributed by atoms with Gasteiger partial charge in [-0.05, 0) is 5.56 Å². The molecule has 0 bridgehead atoms. The van der Waals surface area contributed by atoms with Gasteiger partial charge in [0.2, 0.25) is 6.41 Å². The summed E-state index contributed by atoms with van der Waals surface area (Å²) in [5, 5.41) is 12.0. The van der Waals surface area contributed by atoms with Crippen molar-refractivity contribution < 1.29 is 22.9 Å². The number of aliphatic hydroxyl groups excluding tert-OH is 1. The Labute approximate surface area is 99.0 Å². The minimum absolute atomic E-state index is 0.366. The predicted molar refractivity (Wildman–Crippen MR) is 60.8 cm³/mol. The third kappa shape index (κ3) is 4.51. The number of hydrogen-bond donors (Lipinski definition) is 3. The van der Waals surface area contributed by atoms with E-state index in [9.17, 15) is 18.3 Å². The number of amides is 1. The van der Waals surface area contributed by atoms with Crippen LogP contribution in [0.5, 0.6) is 0 Å². The number of aliphatic hydroxyl groups is 1. The third-order valence-electron chi connectivity index (χ3n) is 2.17. The average Bonchev–Trinajstić information content (AvgIpc) is 2.24. The molecule has 0 saturated carbocycles. The lowest BCUT2D eigenvalue weighted by Crippen LogP contribution is -2.35. The normalized spacial score (nSPS) is 14.9. The second kappa shape index (κ2) is 5.76. The van der Waals surface area contributed by atoms with Gasteiger partial charge in [-0.25, -0.2) is 0 Å². The molecule has 0 heterocycles. The molecule has 0 saturated heterocycles. The zero-order valence-electron chi connectivity index (χ0n) is 8.85. The van der Waals surface area contributed by atoms with Gasteiger partial charge in [0.05, 0.1) is 12.1 Å². The first-order valence-corrected chi connectivity index (χ1v) is 6.43. The summed E-state index contributed by atoms with van der Waals surface area (Å²) in [4.78, 5) is 10.4. The molecule has 1 amide bonds. The first-order chi connectivity index (χ1) is 7.94. The van der Waals surface area contributed by atoms with Crippen LogP contribution in [-0.2, 0) is 14.9 Å². The first-order valence-electron chi connectivity index (χ1n) is 4.82. The minimum atomic E-state index is -4.30. The molecule has 6 nitrogen and oxygen atoms in total. The molecular formula is C10H13NO5S. The average molecular weight is 259 g/mol. The van der Waals surface area contributed by atoms with Crippen LogP contribution in [0.25, 0.3) is 0 Å². The van der Waals surface area contributed by atoms with Crippen molar-refractivity contribution in [1.29, 1.82) is 0 Å². The summed E-state index contributed by atoms with van der Waals surface area (Å²) >= 11 is 0. The van der Waals surface area contributed by atoms with Crippen LogP contribution in [0.1, 0.15) is 11.6 Å². The van der Waals surface area contributed by atoms with Gasteiger partial charge in [0.15, 0.2) is 0 Å². The highest BCUT2D eigenvalue weighted by Gasteiger charge is 2.24. The predicted octanol–water partition coefficient (Wildman–Crippen LogP) is -0.278. The Morgan fingerprint density at radius 2 is 1.88 bits per heavy atom. The smallest absolute Gasteiger partial charge is 0.267 e. The molecule has 0 aromatic heterocycles. The molecule has 0 radical (unpaired) electrons. The summed E-state index contributed by atoms with van der Waals surface area (Å²) in [6.45, 7) is 0. The molecule has 0 aliphatic rings. The number of hydrogen-bond acceptors (Lipinski definition) is 4. The summed E-state index contributed by atoms with van der Waals surface area (Å²) in [7, 11) is -4.30. The van der Waals surface area contributed by atoms with Gasteiger partial charge < -0.3 is 10.4 Å². The van der Waals surface area contributed by atoms with Gasteiger partial charge in [-0.3, -0.25) is 9.35 Å². The van der Waals surface area contributed by atoms with Crippen LogP contribution in [0.2, 0.25) is 0 Å². The molecule has 2 atom stereocenters. The van der Waals surface area contributed by atoms with Crippen LogP contribution in [0.3, 0.4) is 0 Å². The van der Waals surface area contributed by atoms with Gasteiger partial charge in [-0.1, -0.05) is 30.3 Å². The molecule has 7 heteroatoms. The molecule has 17 heavy (non-hydrogen) atoms. The van der Waals surface area contributed by atoms with E-state index in [0.717, 1.165) is 0 Å². The number of rotatable bonds is 6. The van der Waals surface area contributed by atoms with Gasteiger partial charge in [0.25, 0.3) is 10.1 Å². The van der Waals surface area contributed by atoms with E-state index >= 15 is 0 Å². The maximum Gasteiger partial charge on any atom is 0.267 e. The lowest BCUT2D eigenvalue weighted by molar-refractivity contribution is -0.110. The van der Waals surface area contributed by atoms with Crippen molar-refractivity contribution in [1.82, 2.24) is 5.32 Å². The van der Waals surface area contributed by atoms with Crippen LogP contribution < -0.4 is 5.32 Å². The molecule has 94 valence electrons. The Balaban J connectivity index is 2.90. The molecule has 2 unspecified atom stereocenters. The second-order valence-electron chi connectivity index (χ2n) is 3.49. The Morgan fingerprint density at radius 1 is 1.29 bits per heavy atom. The summed E-state index contributed by atoms with van der Waals surface area (Å²) in [5.41, 5.74) is 0.552. The van der Waals surface area contributed by atoms with Crippen molar-refractivity contribution in [3.8, 4) is 0 Å². The number of carbonyl (C=O) groups excluding carboxylic acids is 1. The van der Waals surface area contributed by atoms with Crippen molar-refractivity contribution in [2.24, 2.45) is 0 Å². The fourth-order valence-corrected chi connectivity index (χ4v) is 2.10. The highest BCUT2D eigenvalue weighted by molar-refractivity contribution is 7.85. The molecule has 1 rings (SSSR count). The molecular weight excluding hydrogens is 246 g/mol. The highest BCUT2D eigenvalue weighted by Crippen LogP contribution is 2.17. The van der Waals surface area contributed by atoms with Crippen LogP contribution in [0.15, 0.2) is 30.3 Å². The van der Waals surface area contributed by atoms with Crippen molar-refractivity contribution >= 4 is 16.5 Å². The Kier molecular flexibility index (Phi) is 4.62. The van der Waals surface area contributed by atoms with Crippen molar-refractivity contribution in [2.75, 3.05) is 5.75 Å². The Bertz CT molecular complexity index is 459. The SMILES string of the molecule is O=CNC(c1ccccc1)C(O)CS(=O)(=O)O. The van der Waals surface area contributed by atoms with E-state index in [0.29, 0.717) is 12.0 Å². The van der Waals surface area contributed by atoms with Gasteiger partial charge in [-0.15, -0.1) is 0 Å². The Morgan fingerprint density at radius 3 is 2.35 bits per heavy atom. The molecule has 3 N–H and O–H groups in total. The summed E-state index contributed by atoms with van der Waals surface area (Å²) in [6, 6.07) is 7.51. The van der Waals surface area contributed by atoms with Gasteiger partial charge in [-0.2, -0.15) is 8.42 Å². The molecule has 1 aromatic rings. The standard InChI is InChI=1S/C10H13NO5S/c12-7-11-10(8-4-2-1-3-5-8)9(13)6-17(14,15)16/h1-5,7,9-10,13H,6H2,(H,11,12)(H,14,15,16). The zero-order valence-corrected chi connectivity index (χ0v) is 9.67. The van der Waals surface area contributed by atoms with Gasteiger partial charge >= 0.3 is 0 Å². The molecule has 0 aliphatic carbocycles. The topological polar surface area (TPSA) is 104 Å². The largest absolute Gasteiger partial charge is 0.389 e. The number of benzene rings is 1. The van der Waals surface area contributed by atoms with Crippen LogP contribution in [0.4, 0.5) is 0 Å². The molecule has 0 spiro atoms. The Hall–Kier alpha value is -1.44. The highest BCUT2D eigenvalue weighted by atomic mass is 32.2. The van der Waals surface area contributed by atoms with Crippen molar-refractivity contribution in [3.05, 3.63) is 35.9 Å². The van der Waals surface area contributed by atoms with Crippen LogP contribution in [0, 0.1) is 0 Å². The monoisotopic (exact) mass is 259 g/mol. The van der Waals surface area contributed by atoms with Gasteiger partial charge in [0.1, 0.15) is 5.75 Å². The number of carbonyl (C=O) groups is 1. The summed E-state index contributed by atoms with van der Waals surface area (Å²) in [6.07, 6.45) is -1.05. The molecule has 1 aromatic carbocycles. The van der Waals surface area contributed by atoms with E-state index in [1.165, 1.54) is 0 Å². The second-order valence-corrected chi connectivity index (χ2v) is 4.99. The van der Waals surface area contributed by atoms with E-state index in [4.69, 9.17) is 4.55 Å². The summed E-state index contributed by atoms with van der Waals surface area (Å²) < 4.78 is 30.0. The van der Waals surface area contributed by atoms with E-state index in [1.54, 1.807) is 30.3 Å². The molecule has 0 fully saturated rings. The van der Waals surface area contributed by atoms with Gasteiger partial charge in [0, 0.05) is 0 Å². The number of nitrogens with one attached hydrogen (secondary N) is 1. The van der Waals surface area contributed by atoms with Crippen molar-refractivity contribution in [2.45, 2.75) is 12.1 Å². The zero-order chi connectivity index (χ0) is 12.9. The molecule has 0 aliphatic heterocycles. The maximum absolute atomic E-state index is 10.7. The fourth-order valence-electron chi connectivity index (χ4n) is 1.48. The van der Waals surface area contributed by atoms with E-state index < -0.39 is 28.0 Å². The van der Waals surface area contributed by atoms with E-state index in [1.807, 2.05) is 0 Å². The fraction of sp³-hybridized carbons (Fsp3) is 0.300. The first kappa shape index (κ1) is 13.6. The van der Waals surface area contributed by atoms with Crippen molar-refractivity contribution in [3.63, 3.8) is 0 Å². The van der Waals surface area contributed by atoms with E-state index in [-0.39, 0.29) is 0 Å². The minimum Gasteiger partial charge on any atom is -0.389 e. The van der Waals surface area contributed by atoms with Crippen LogP contribution >= 0.6 is 0 Å². The lowest BCUT2D eigenvalue weighted by atomic mass is 10.0. The summed E-state index contributed by atoms with van der Waals surface area (Å²) in [5.74, 6) is -0.840. The maximum atomic E-state index is 10.7. The van der Waals surface area contributed by atoms with Crippen LogP contribution in [-0.4, -0.2) is 36.3 Å². The third-order valence-corrected chi connectivity index (χ3v) is 2.94. The van der Waals surface area contributed by atoms with E-state index in [2.05, 4.69) is 5.32 Å². The quantitative estimate of drug-likeness (QED) is 0.481. The lowest BCUT2D eigenvalue weighted by Gasteiger charge is -2.21.